The van der Waals surface area contributed by atoms with Gasteiger partial charge >= 0.3 is 5.97 Å². The van der Waals surface area contributed by atoms with Crippen molar-refractivity contribution in [3.63, 3.8) is 0 Å². The van der Waals surface area contributed by atoms with Crippen LogP contribution in [-0.4, -0.2) is 44.4 Å². The Balaban J connectivity index is 2.18. The molecule has 0 bridgehead atoms. The van der Waals surface area contributed by atoms with Gasteiger partial charge in [-0.25, -0.2) is 9.97 Å². The summed E-state index contributed by atoms with van der Waals surface area (Å²) in [5, 5.41) is 8.95. The van der Waals surface area contributed by atoms with Crippen LogP contribution in [0, 0.1) is 5.92 Å². The van der Waals surface area contributed by atoms with E-state index < -0.39 is 11.9 Å². The van der Waals surface area contributed by atoms with Gasteiger partial charge in [-0.3, -0.25) is 9.59 Å². The van der Waals surface area contributed by atoms with E-state index >= 15 is 0 Å². The van der Waals surface area contributed by atoms with E-state index in [1.165, 1.54) is 12.4 Å². The summed E-state index contributed by atoms with van der Waals surface area (Å²) >= 11 is 0. The predicted octanol–water partition coefficient (Wildman–Crippen LogP) is 0.384. The van der Waals surface area contributed by atoms with Crippen molar-refractivity contribution in [2.24, 2.45) is 5.92 Å². The van der Waals surface area contributed by atoms with Gasteiger partial charge in [-0.1, -0.05) is 6.92 Å². The molecular weight excluding hydrogens is 248 g/mol. The molecule has 0 saturated heterocycles. The van der Waals surface area contributed by atoms with Crippen molar-refractivity contribution in [2.75, 3.05) is 12.3 Å². The van der Waals surface area contributed by atoms with Gasteiger partial charge < -0.3 is 15.7 Å². The number of hydrogen-bond donors (Lipinski definition) is 2. The van der Waals surface area contributed by atoms with Gasteiger partial charge in [0.05, 0.1) is 5.92 Å². The van der Waals surface area contributed by atoms with Crippen LogP contribution in [-0.2, 0) is 4.79 Å². The van der Waals surface area contributed by atoms with Crippen LogP contribution in [0.1, 0.15) is 30.3 Å². The first kappa shape index (κ1) is 13.3. The van der Waals surface area contributed by atoms with Gasteiger partial charge in [0, 0.05) is 25.0 Å². The maximum atomic E-state index is 12.4. The lowest BCUT2D eigenvalue weighted by Crippen LogP contribution is -2.39. The average molecular weight is 264 g/mol. The van der Waals surface area contributed by atoms with Gasteiger partial charge in [-0.2, -0.15) is 0 Å². The molecule has 0 aromatic carbocycles. The second-order valence-electron chi connectivity index (χ2n) is 4.72. The van der Waals surface area contributed by atoms with Crippen LogP contribution in [0.5, 0.6) is 0 Å². The summed E-state index contributed by atoms with van der Waals surface area (Å²) in [6.45, 7) is 1.74. The highest BCUT2D eigenvalue weighted by Crippen LogP contribution is 2.29. The molecule has 1 aromatic heterocycles. The van der Waals surface area contributed by atoms with Crippen molar-refractivity contribution in [2.45, 2.75) is 25.8 Å². The van der Waals surface area contributed by atoms with E-state index in [1.54, 1.807) is 11.8 Å². The Kier molecular flexibility index (Phi) is 3.64. The molecule has 19 heavy (non-hydrogen) atoms. The minimum absolute atomic E-state index is 0.0705. The molecule has 1 aliphatic rings. The fraction of sp³-hybridized carbons (Fsp3) is 0.500. The molecule has 0 spiro atoms. The van der Waals surface area contributed by atoms with Crippen LogP contribution < -0.4 is 5.73 Å². The van der Waals surface area contributed by atoms with Crippen LogP contribution in [0.15, 0.2) is 12.4 Å². The number of anilines is 1. The maximum absolute atomic E-state index is 12.4. The predicted molar refractivity (Wildman–Crippen MR) is 67.3 cm³/mol. The Morgan fingerprint density at radius 2 is 2.11 bits per heavy atom. The van der Waals surface area contributed by atoms with E-state index in [9.17, 15) is 9.59 Å². The zero-order valence-corrected chi connectivity index (χ0v) is 10.6. The SMILES string of the molecule is C[C@@H](CN(C(=O)c1nccnc1N)C1CC1)C(=O)O. The third kappa shape index (κ3) is 2.98. The Labute approximate surface area is 110 Å². The van der Waals surface area contributed by atoms with Crippen LogP contribution >= 0.6 is 0 Å². The normalized spacial score (nSPS) is 15.8. The molecule has 3 N–H and O–H groups in total. The Bertz CT molecular complexity index is 502. The van der Waals surface area contributed by atoms with Crippen LogP contribution in [0.4, 0.5) is 5.82 Å². The minimum atomic E-state index is -0.925. The summed E-state index contributed by atoms with van der Waals surface area (Å²) in [7, 11) is 0. The van der Waals surface area contributed by atoms with Crippen molar-refractivity contribution in [3.8, 4) is 0 Å². The minimum Gasteiger partial charge on any atom is -0.481 e. The molecule has 1 atom stereocenters. The van der Waals surface area contributed by atoms with E-state index in [-0.39, 0.29) is 30.0 Å². The largest absolute Gasteiger partial charge is 0.481 e. The number of nitrogen functional groups attached to an aromatic ring is 1. The lowest BCUT2D eigenvalue weighted by atomic mass is 10.1. The molecule has 7 nitrogen and oxygen atoms in total. The molecule has 0 radical (unpaired) electrons. The van der Waals surface area contributed by atoms with Crippen molar-refractivity contribution in [1.29, 1.82) is 0 Å². The van der Waals surface area contributed by atoms with Crippen LogP contribution in [0.25, 0.3) is 0 Å². The van der Waals surface area contributed by atoms with E-state index in [2.05, 4.69) is 9.97 Å². The number of carbonyl (C=O) groups excluding carboxylic acids is 1. The van der Waals surface area contributed by atoms with Crippen molar-refractivity contribution in [1.82, 2.24) is 14.9 Å². The van der Waals surface area contributed by atoms with Crippen molar-refractivity contribution in [3.05, 3.63) is 18.1 Å². The topological polar surface area (TPSA) is 109 Å². The molecule has 1 fully saturated rings. The second kappa shape index (κ2) is 5.21. The Hall–Kier alpha value is -2.18. The molecular formula is C12H16N4O3. The number of hydrogen-bond acceptors (Lipinski definition) is 5. The van der Waals surface area contributed by atoms with E-state index in [0.717, 1.165) is 12.8 Å². The number of amides is 1. The summed E-state index contributed by atoms with van der Waals surface area (Å²) in [5.41, 5.74) is 5.72. The number of carboxylic acids is 1. The molecule has 1 amide bonds. The average Bonchev–Trinajstić information content (AvgIpc) is 3.19. The summed E-state index contributed by atoms with van der Waals surface area (Å²) in [4.78, 5) is 32.6. The second-order valence-corrected chi connectivity index (χ2v) is 4.72. The molecule has 1 heterocycles. The zero-order chi connectivity index (χ0) is 14.0. The van der Waals surface area contributed by atoms with Gasteiger partial charge in [-0.05, 0) is 12.8 Å². The molecule has 1 aliphatic carbocycles. The monoisotopic (exact) mass is 264 g/mol. The van der Waals surface area contributed by atoms with E-state index in [4.69, 9.17) is 10.8 Å². The van der Waals surface area contributed by atoms with Gasteiger partial charge in [0.1, 0.15) is 0 Å². The number of carbonyl (C=O) groups is 2. The van der Waals surface area contributed by atoms with Crippen molar-refractivity contribution >= 4 is 17.7 Å². The van der Waals surface area contributed by atoms with Gasteiger partial charge in [0.15, 0.2) is 11.5 Å². The first-order chi connectivity index (χ1) is 9.00. The molecule has 0 unspecified atom stereocenters. The fourth-order valence-corrected chi connectivity index (χ4v) is 1.81. The number of nitrogens with two attached hydrogens (primary N) is 1. The summed E-state index contributed by atoms with van der Waals surface area (Å²) in [5.74, 6) is -1.82. The molecule has 102 valence electrons. The highest BCUT2D eigenvalue weighted by molar-refractivity contribution is 5.96. The first-order valence-corrected chi connectivity index (χ1v) is 6.11. The number of rotatable bonds is 5. The van der Waals surface area contributed by atoms with Crippen LogP contribution in [0.2, 0.25) is 0 Å². The summed E-state index contributed by atoms with van der Waals surface area (Å²) < 4.78 is 0. The molecule has 1 aromatic rings. The van der Waals surface area contributed by atoms with Gasteiger partial charge in [0.2, 0.25) is 0 Å². The lowest BCUT2D eigenvalue weighted by molar-refractivity contribution is -0.141. The fourth-order valence-electron chi connectivity index (χ4n) is 1.81. The van der Waals surface area contributed by atoms with Gasteiger partial charge in [0.25, 0.3) is 5.91 Å². The summed E-state index contributed by atoms with van der Waals surface area (Å²) in [6.07, 6.45) is 4.58. The highest BCUT2D eigenvalue weighted by atomic mass is 16.4. The number of aliphatic carboxylic acids is 1. The first-order valence-electron chi connectivity index (χ1n) is 6.11. The highest BCUT2D eigenvalue weighted by Gasteiger charge is 2.36. The number of aromatic nitrogens is 2. The van der Waals surface area contributed by atoms with Crippen molar-refractivity contribution < 1.29 is 14.7 Å². The number of nitrogens with zero attached hydrogens (tertiary/aromatic N) is 3. The standard InChI is InChI=1S/C12H16N4O3/c1-7(12(18)19)6-16(8-2-3-8)11(17)9-10(13)15-5-4-14-9/h4-5,7-8H,2-3,6H2,1H3,(H2,13,15)(H,18,19)/t7-/m0/s1. The molecule has 0 aliphatic heterocycles. The smallest absolute Gasteiger partial charge is 0.308 e. The molecule has 7 heteroatoms. The molecule has 1 saturated carbocycles. The summed E-state index contributed by atoms with van der Waals surface area (Å²) in [6, 6.07) is 0.0932. The lowest BCUT2D eigenvalue weighted by Gasteiger charge is -2.24. The Morgan fingerprint density at radius 3 is 2.63 bits per heavy atom. The van der Waals surface area contributed by atoms with E-state index in [1.807, 2.05) is 0 Å². The quantitative estimate of drug-likeness (QED) is 0.795. The Morgan fingerprint density at radius 1 is 1.47 bits per heavy atom. The van der Waals surface area contributed by atoms with Crippen LogP contribution in [0.3, 0.4) is 0 Å². The molecule has 2 rings (SSSR count). The maximum Gasteiger partial charge on any atom is 0.308 e. The van der Waals surface area contributed by atoms with Gasteiger partial charge in [-0.15, -0.1) is 0 Å². The zero-order valence-electron chi connectivity index (χ0n) is 10.6. The van der Waals surface area contributed by atoms with E-state index in [0.29, 0.717) is 0 Å². The third-order valence-corrected chi connectivity index (χ3v) is 3.07. The third-order valence-electron chi connectivity index (χ3n) is 3.07. The number of carboxylic acid groups (broad SMARTS) is 1.